The second-order valence-corrected chi connectivity index (χ2v) is 4.59. The molecule has 0 aliphatic heterocycles. The van der Waals surface area contributed by atoms with Crippen molar-refractivity contribution in [3.63, 3.8) is 0 Å². The molecule has 5 nitrogen and oxygen atoms in total. The lowest BCUT2D eigenvalue weighted by Gasteiger charge is -2.11. The third-order valence-corrected chi connectivity index (χ3v) is 2.91. The van der Waals surface area contributed by atoms with Crippen LogP contribution in [-0.4, -0.2) is 34.9 Å². The zero-order chi connectivity index (χ0) is 15.4. The van der Waals surface area contributed by atoms with Crippen LogP contribution in [0.5, 0.6) is 0 Å². The second kappa shape index (κ2) is 11.4. The second-order valence-electron chi connectivity index (χ2n) is 4.59. The molecule has 0 saturated carbocycles. The standard InChI is InChI=1S/C15H24O5/c1-3-14(18)20-15(19)12(2)13(17)10-8-6-4-5-7-9-11-16/h3,13,16-17H,1-2,4-11H2. The lowest BCUT2D eigenvalue weighted by molar-refractivity contribution is -0.153. The molecule has 0 amide bonds. The van der Waals surface area contributed by atoms with Crippen LogP contribution in [0.25, 0.3) is 0 Å². The molecule has 0 fully saturated rings. The zero-order valence-electron chi connectivity index (χ0n) is 11.8. The highest BCUT2D eigenvalue weighted by molar-refractivity contribution is 5.99. The van der Waals surface area contributed by atoms with Gasteiger partial charge < -0.3 is 14.9 Å². The van der Waals surface area contributed by atoms with Crippen LogP contribution >= 0.6 is 0 Å². The minimum Gasteiger partial charge on any atom is -0.396 e. The zero-order valence-corrected chi connectivity index (χ0v) is 11.8. The summed E-state index contributed by atoms with van der Waals surface area (Å²) in [5.41, 5.74) is -0.111. The van der Waals surface area contributed by atoms with Gasteiger partial charge in [0.25, 0.3) is 0 Å². The molecule has 0 aliphatic carbocycles. The van der Waals surface area contributed by atoms with Crippen LogP contribution in [-0.2, 0) is 14.3 Å². The first-order chi connectivity index (χ1) is 9.52. The Morgan fingerprint density at radius 3 is 2.20 bits per heavy atom. The molecule has 0 heterocycles. The maximum absolute atomic E-state index is 11.4. The van der Waals surface area contributed by atoms with E-state index in [0.29, 0.717) is 6.42 Å². The maximum atomic E-state index is 11.4. The number of hydrogen-bond donors (Lipinski definition) is 2. The quantitative estimate of drug-likeness (QED) is 0.262. The van der Waals surface area contributed by atoms with Crippen molar-refractivity contribution < 1.29 is 24.5 Å². The van der Waals surface area contributed by atoms with Gasteiger partial charge in [-0.05, 0) is 12.8 Å². The molecule has 0 bridgehead atoms. The van der Waals surface area contributed by atoms with Gasteiger partial charge in [-0.2, -0.15) is 0 Å². The van der Waals surface area contributed by atoms with Crippen molar-refractivity contribution in [2.45, 2.75) is 51.0 Å². The normalized spacial score (nSPS) is 11.7. The van der Waals surface area contributed by atoms with Gasteiger partial charge in [-0.1, -0.05) is 45.3 Å². The molecule has 0 saturated heterocycles. The maximum Gasteiger partial charge on any atom is 0.343 e. The molecular formula is C15H24O5. The van der Waals surface area contributed by atoms with E-state index >= 15 is 0 Å². The van der Waals surface area contributed by atoms with Gasteiger partial charge in [-0.25, -0.2) is 9.59 Å². The summed E-state index contributed by atoms with van der Waals surface area (Å²) in [6.07, 6.45) is 5.91. The highest BCUT2D eigenvalue weighted by Gasteiger charge is 2.19. The van der Waals surface area contributed by atoms with E-state index in [4.69, 9.17) is 5.11 Å². The Bertz CT molecular complexity index is 335. The molecule has 2 N–H and O–H groups in total. The van der Waals surface area contributed by atoms with Crippen LogP contribution < -0.4 is 0 Å². The molecular weight excluding hydrogens is 260 g/mol. The number of aliphatic hydroxyl groups is 2. The molecule has 0 aromatic heterocycles. The fourth-order valence-corrected chi connectivity index (χ4v) is 1.67. The summed E-state index contributed by atoms with van der Waals surface area (Å²) in [7, 11) is 0. The first kappa shape index (κ1) is 18.5. The predicted octanol–water partition coefficient (Wildman–Crippen LogP) is 1.88. The summed E-state index contributed by atoms with van der Waals surface area (Å²) in [6, 6.07) is 0. The largest absolute Gasteiger partial charge is 0.396 e. The topological polar surface area (TPSA) is 83.8 Å². The molecule has 1 unspecified atom stereocenters. The van der Waals surface area contributed by atoms with Crippen molar-refractivity contribution in [1.82, 2.24) is 0 Å². The summed E-state index contributed by atoms with van der Waals surface area (Å²) >= 11 is 0. The smallest absolute Gasteiger partial charge is 0.343 e. The van der Waals surface area contributed by atoms with Crippen LogP contribution in [0.4, 0.5) is 0 Å². The van der Waals surface area contributed by atoms with Gasteiger partial charge in [0.05, 0.1) is 11.7 Å². The first-order valence-corrected chi connectivity index (χ1v) is 6.89. The Balaban J connectivity index is 3.77. The molecule has 0 rings (SSSR count). The van der Waals surface area contributed by atoms with Crippen LogP contribution in [0.3, 0.4) is 0 Å². The molecule has 0 aliphatic rings. The number of carbonyl (C=O) groups excluding carboxylic acids is 2. The van der Waals surface area contributed by atoms with Gasteiger partial charge in [-0.3, -0.25) is 0 Å². The van der Waals surface area contributed by atoms with Crippen molar-refractivity contribution in [3.05, 3.63) is 24.8 Å². The van der Waals surface area contributed by atoms with E-state index in [-0.39, 0.29) is 12.2 Å². The lowest BCUT2D eigenvalue weighted by Crippen LogP contribution is -2.21. The summed E-state index contributed by atoms with van der Waals surface area (Å²) in [6.45, 7) is 6.84. The lowest BCUT2D eigenvalue weighted by atomic mass is 10.0. The van der Waals surface area contributed by atoms with E-state index in [1.807, 2.05) is 0 Å². The summed E-state index contributed by atoms with van der Waals surface area (Å²) < 4.78 is 4.38. The van der Waals surface area contributed by atoms with Crippen molar-refractivity contribution in [2.75, 3.05) is 6.61 Å². The van der Waals surface area contributed by atoms with Crippen molar-refractivity contribution in [2.24, 2.45) is 0 Å². The highest BCUT2D eigenvalue weighted by atomic mass is 16.6. The molecule has 114 valence electrons. The summed E-state index contributed by atoms with van der Waals surface area (Å²) in [5.74, 6) is -1.77. The van der Waals surface area contributed by atoms with E-state index < -0.39 is 18.0 Å². The Morgan fingerprint density at radius 2 is 1.65 bits per heavy atom. The number of carbonyl (C=O) groups is 2. The molecule has 1 atom stereocenters. The Kier molecular flexibility index (Phi) is 10.5. The number of esters is 2. The number of aliphatic hydroxyl groups excluding tert-OH is 2. The molecule has 5 heteroatoms. The average Bonchev–Trinajstić information content (AvgIpc) is 2.44. The van der Waals surface area contributed by atoms with Crippen molar-refractivity contribution in [1.29, 1.82) is 0 Å². The van der Waals surface area contributed by atoms with Crippen molar-refractivity contribution in [3.8, 4) is 0 Å². The van der Waals surface area contributed by atoms with Crippen LogP contribution in [0.15, 0.2) is 24.8 Å². The van der Waals surface area contributed by atoms with Crippen molar-refractivity contribution >= 4 is 11.9 Å². The van der Waals surface area contributed by atoms with Gasteiger partial charge in [0.1, 0.15) is 0 Å². The third kappa shape index (κ3) is 8.61. The first-order valence-electron chi connectivity index (χ1n) is 6.89. The Labute approximate surface area is 119 Å². The van der Waals surface area contributed by atoms with E-state index in [9.17, 15) is 14.7 Å². The molecule has 0 aromatic carbocycles. The number of hydrogen-bond acceptors (Lipinski definition) is 5. The predicted molar refractivity (Wildman–Crippen MR) is 75.8 cm³/mol. The van der Waals surface area contributed by atoms with Crippen LogP contribution in [0, 0.1) is 0 Å². The minimum absolute atomic E-state index is 0.111. The highest BCUT2D eigenvalue weighted by Crippen LogP contribution is 2.13. The average molecular weight is 284 g/mol. The SMILES string of the molecule is C=CC(=O)OC(=O)C(=C)C(O)CCCCCCCCO. The Morgan fingerprint density at radius 1 is 1.10 bits per heavy atom. The monoisotopic (exact) mass is 284 g/mol. The van der Waals surface area contributed by atoms with Gasteiger partial charge >= 0.3 is 11.9 Å². The fourth-order valence-electron chi connectivity index (χ4n) is 1.67. The Hall–Kier alpha value is -1.46. The minimum atomic E-state index is -0.988. The molecule has 0 radical (unpaired) electrons. The fraction of sp³-hybridized carbons (Fsp3) is 0.600. The van der Waals surface area contributed by atoms with E-state index in [1.54, 1.807) is 0 Å². The summed E-state index contributed by atoms with van der Waals surface area (Å²) in [4.78, 5) is 22.2. The molecule has 0 spiro atoms. The van der Waals surface area contributed by atoms with Crippen LogP contribution in [0.1, 0.15) is 44.9 Å². The summed E-state index contributed by atoms with van der Waals surface area (Å²) in [5, 5.41) is 18.4. The van der Waals surface area contributed by atoms with E-state index in [2.05, 4.69) is 17.9 Å². The van der Waals surface area contributed by atoms with Gasteiger partial charge in [-0.15, -0.1) is 0 Å². The number of rotatable bonds is 11. The van der Waals surface area contributed by atoms with E-state index in [0.717, 1.165) is 44.6 Å². The van der Waals surface area contributed by atoms with Gasteiger partial charge in [0, 0.05) is 12.7 Å². The van der Waals surface area contributed by atoms with Gasteiger partial charge in [0.15, 0.2) is 0 Å². The number of unbranched alkanes of at least 4 members (excludes halogenated alkanes) is 5. The molecule has 20 heavy (non-hydrogen) atoms. The molecule has 0 aromatic rings. The van der Waals surface area contributed by atoms with E-state index in [1.165, 1.54) is 0 Å². The van der Waals surface area contributed by atoms with Crippen LogP contribution in [0.2, 0.25) is 0 Å². The third-order valence-electron chi connectivity index (χ3n) is 2.91. The van der Waals surface area contributed by atoms with Gasteiger partial charge in [0.2, 0.25) is 0 Å². The number of ether oxygens (including phenoxy) is 1.